The van der Waals surface area contributed by atoms with Crippen molar-refractivity contribution >= 4 is 13.3 Å². The highest BCUT2D eigenvalue weighted by Crippen LogP contribution is 2.05. The van der Waals surface area contributed by atoms with E-state index in [0.717, 1.165) is 0 Å². The molecule has 1 unspecified atom stereocenters. The quantitative estimate of drug-likeness (QED) is 0.676. The summed E-state index contributed by atoms with van der Waals surface area (Å²) in [6.07, 6.45) is 0. The van der Waals surface area contributed by atoms with Crippen molar-refractivity contribution in [1.29, 1.82) is 0 Å². The maximum Gasteiger partial charge on any atom is 0.0972 e. The molecule has 0 aromatic heterocycles. The van der Waals surface area contributed by atoms with Crippen molar-refractivity contribution in [3.63, 3.8) is 0 Å². The molecule has 1 atom stereocenters. The molecule has 1 aromatic carbocycles. The first-order valence-electron chi connectivity index (χ1n) is 6.38. The van der Waals surface area contributed by atoms with Crippen LogP contribution in [0.3, 0.4) is 0 Å². The molecule has 1 aromatic rings. The number of aliphatic hydroxyl groups excluding tert-OH is 1. The van der Waals surface area contributed by atoms with Crippen molar-refractivity contribution < 1.29 is 10.2 Å². The van der Waals surface area contributed by atoms with Crippen LogP contribution in [0.5, 0.6) is 0 Å². The van der Waals surface area contributed by atoms with Crippen LogP contribution in [0, 0.1) is 0 Å². The summed E-state index contributed by atoms with van der Waals surface area (Å²) in [7, 11) is -1.22. The molecule has 0 fully saturated rings. The Balaban J connectivity index is 2.50. The number of rotatable bonds is 6. The SMILES string of the molecule is CC(O)(CO)CNCc1ccc([Si](C)(C)C)cc1. The fraction of sp³-hybridized carbons (Fsp3) is 0.571. The molecule has 1 rings (SSSR count). The van der Waals surface area contributed by atoms with E-state index in [1.54, 1.807) is 6.92 Å². The minimum absolute atomic E-state index is 0.228. The summed E-state index contributed by atoms with van der Waals surface area (Å²) < 4.78 is 0. The fourth-order valence-electron chi connectivity index (χ4n) is 1.65. The van der Waals surface area contributed by atoms with Crippen molar-refractivity contribution in [2.24, 2.45) is 0 Å². The summed E-state index contributed by atoms with van der Waals surface area (Å²) in [5, 5.41) is 23.2. The maximum atomic E-state index is 9.65. The molecule has 0 saturated heterocycles. The van der Waals surface area contributed by atoms with Gasteiger partial charge in [0.25, 0.3) is 0 Å². The molecule has 0 amide bonds. The van der Waals surface area contributed by atoms with Crippen LogP contribution in [-0.2, 0) is 6.54 Å². The van der Waals surface area contributed by atoms with Gasteiger partial charge in [-0.15, -0.1) is 0 Å². The Kier molecular flexibility index (Phi) is 5.10. The third-order valence-electron chi connectivity index (χ3n) is 3.00. The van der Waals surface area contributed by atoms with Gasteiger partial charge in [-0.1, -0.05) is 49.1 Å². The van der Waals surface area contributed by atoms with Gasteiger partial charge in [-0.3, -0.25) is 0 Å². The van der Waals surface area contributed by atoms with Crippen LogP contribution in [0.2, 0.25) is 19.6 Å². The topological polar surface area (TPSA) is 52.5 Å². The highest BCUT2D eigenvalue weighted by molar-refractivity contribution is 6.88. The fourth-order valence-corrected chi connectivity index (χ4v) is 2.82. The van der Waals surface area contributed by atoms with Crippen LogP contribution < -0.4 is 10.5 Å². The van der Waals surface area contributed by atoms with E-state index in [1.807, 2.05) is 0 Å². The zero-order valence-corrected chi connectivity index (χ0v) is 12.8. The molecule has 0 aliphatic heterocycles. The van der Waals surface area contributed by atoms with Crippen molar-refractivity contribution in [3.05, 3.63) is 29.8 Å². The highest BCUT2D eigenvalue weighted by atomic mass is 28.3. The van der Waals surface area contributed by atoms with Gasteiger partial charge in [0, 0.05) is 13.1 Å². The van der Waals surface area contributed by atoms with Gasteiger partial charge in [0.15, 0.2) is 0 Å². The van der Waals surface area contributed by atoms with Crippen molar-refractivity contribution in [1.82, 2.24) is 5.32 Å². The second-order valence-electron chi connectivity index (χ2n) is 6.21. The molecule has 0 saturated carbocycles. The molecule has 0 radical (unpaired) electrons. The first kappa shape index (κ1) is 15.4. The van der Waals surface area contributed by atoms with E-state index in [4.69, 9.17) is 5.11 Å². The van der Waals surface area contributed by atoms with Crippen LogP contribution in [0.4, 0.5) is 0 Å². The minimum Gasteiger partial charge on any atom is -0.393 e. The Bertz CT molecular complexity index is 368. The van der Waals surface area contributed by atoms with Gasteiger partial charge >= 0.3 is 0 Å². The lowest BCUT2D eigenvalue weighted by Crippen LogP contribution is -2.40. The Morgan fingerprint density at radius 2 is 1.72 bits per heavy atom. The number of hydrogen-bond acceptors (Lipinski definition) is 3. The lowest BCUT2D eigenvalue weighted by Gasteiger charge is -2.21. The van der Waals surface area contributed by atoms with Gasteiger partial charge in [-0.05, 0) is 12.5 Å². The van der Waals surface area contributed by atoms with Gasteiger partial charge in [-0.25, -0.2) is 0 Å². The van der Waals surface area contributed by atoms with E-state index in [-0.39, 0.29) is 6.61 Å². The van der Waals surface area contributed by atoms with E-state index in [1.165, 1.54) is 10.8 Å². The monoisotopic (exact) mass is 267 g/mol. The minimum atomic E-state index is -1.22. The van der Waals surface area contributed by atoms with Gasteiger partial charge in [-0.2, -0.15) is 0 Å². The molecular weight excluding hydrogens is 242 g/mol. The van der Waals surface area contributed by atoms with Crippen LogP contribution in [0.25, 0.3) is 0 Å². The largest absolute Gasteiger partial charge is 0.393 e. The van der Waals surface area contributed by atoms with Crippen LogP contribution >= 0.6 is 0 Å². The molecule has 0 aliphatic rings. The third-order valence-corrected chi connectivity index (χ3v) is 5.06. The first-order valence-corrected chi connectivity index (χ1v) is 9.88. The lowest BCUT2D eigenvalue weighted by atomic mass is 10.1. The van der Waals surface area contributed by atoms with Crippen LogP contribution in [-0.4, -0.2) is 37.0 Å². The highest BCUT2D eigenvalue weighted by Gasteiger charge is 2.18. The van der Waals surface area contributed by atoms with Crippen LogP contribution in [0.1, 0.15) is 12.5 Å². The standard InChI is InChI=1S/C14H25NO2Si/c1-14(17,11-16)10-15-9-12-5-7-13(8-6-12)18(2,3)4/h5-8,15-17H,9-11H2,1-4H3. The van der Waals surface area contributed by atoms with Crippen molar-refractivity contribution in [2.45, 2.75) is 38.7 Å². The number of benzene rings is 1. The molecular formula is C14H25NO2Si. The lowest BCUT2D eigenvalue weighted by molar-refractivity contribution is 0.00254. The molecule has 0 spiro atoms. The van der Waals surface area contributed by atoms with E-state index < -0.39 is 13.7 Å². The Labute approximate surface area is 111 Å². The summed E-state index contributed by atoms with van der Waals surface area (Å²) in [4.78, 5) is 0. The summed E-state index contributed by atoms with van der Waals surface area (Å²) in [6.45, 7) is 9.49. The van der Waals surface area contributed by atoms with Crippen LogP contribution in [0.15, 0.2) is 24.3 Å². The molecule has 4 heteroatoms. The normalized spacial score (nSPS) is 15.4. The zero-order chi connectivity index (χ0) is 13.8. The van der Waals surface area contributed by atoms with Gasteiger partial charge < -0.3 is 15.5 Å². The summed E-state index contributed by atoms with van der Waals surface area (Å²) in [5.41, 5.74) is 0.156. The van der Waals surface area contributed by atoms with E-state index >= 15 is 0 Å². The molecule has 0 heterocycles. The van der Waals surface area contributed by atoms with E-state index in [2.05, 4.69) is 49.2 Å². The molecule has 18 heavy (non-hydrogen) atoms. The van der Waals surface area contributed by atoms with Gasteiger partial charge in [0.05, 0.1) is 20.3 Å². The zero-order valence-electron chi connectivity index (χ0n) is 11.8. The smallest absolute Gasteiger partial charge is 0.0972 e. The summed E-state index contributed by atoms with van der Waals surface area (Å²) in [6, 6.07) is 8.67. The molecule has 0 bridgehead atoms. The molecule has 102 valence electrons. The second-order valence-corrected chi connectivity index (χ2v) is 11.3. The summed E-state index contributed by atoms with van der Waals surface area (Å²) in [5.74, 6) is 0. The molecule has 3 N–H and O–H groups in total. The summed E-state index contributed by atoms with van der Waals surface area (Å²) >= 11 is 0. The maximum absolute atomic E-state index is 9.65. The third kappa shape index (κ3) is 4.90. The van der Waals surface area contributed by atoms with Gasteiger partial charge in [0.2, 0.25) is 0 Å². The average Bonchev–Trinajstić information content (AvgIpc) is 2.28. The number of aliphatic hydroxyl groups is 2. The predicted octanol–water partition coefficient (Wildman–Crippen LogP) is 1.06. The molecule has 3 nitrogen and oxygen atoms in total. The van der Waals surface area contributed by atoms with E-state index in [9.17, 15) is 5.11 Å². The van der Waals surface area contributed by atoms with Gasteiger partial charge in [0.1, 0.15) is 0 Å². The number of hydrogen-bond donors (Lipinski definition) is 3. The van der Waals surface area contributed by atoms with Crippen molar-refractivity contribution in [2.75, 3.05) is 13.2 Å². The first-order chi connectivity index (χ1) is 8.24. The average molecular weight is 267 g/mol. The predicted molar refractivity (Wildman–Crippen MR) is 78.8 cm³/mol. The molecule has 0 aliphatic carbocycles. The Hall–Kier alpha value is -0.683. The van der Waals surface area contributed by atoms with E-state index in [0.29, 0.717) is 13.1 Å². The Morgan fingerprint density at radius 3 is 2.17 bits per heavy atom. The second kappa shape index (κ2) is 5.97. The Morgan fingerprint density at radius 1 is 1.17 bits per heavy atom. The number of nitrogens with one attached hydrogen (secondary N) is 1. The van der Waals surface area contributed by atoms with Crippen molar-refractivity contribution in [3.8, 4) is 0 Å².